The first-order valence-electron chi connectivity index (χ1n) is 6.39. The molecule has 0 fully saturated rings. The smallest absolute Gasteiger partial charge is 0.315 e. The number of ether oxygens (including phenoxy) is 1. The lowest BCUT2D eigenvalue weighted by Gasteiger charge is -2.24. The van der Waals surface area contributed by atoms with Gasteiger partial charge >= 0.3 is 6.03 Å². The van der Waals surface area contributed by atoms with Crippen molar-refractivity contribution < 1.29 is 19.2 Å². The highest BCUT2D eigenvalue weighted by Crippen LogP contribution is 2.10. The molecule has 1 aromatic rings. The van der Waals surface area contributed by atoms with E-state index in [0.29, 0.717) is 24.7 Å². The number of nitrogens with one attached hydrogen (secondary N) is 2. The van der Waals surface area contributed by atoms with Gasteiger partial charge in [0.1, 0.15) is 6.04 Å². The van der Waals surface area contributed by atoms with Gasteiger partial charge < -0.3 is 25.0 Å². The number of hydrogen-bond acceptors (Lipinski definition) is 6. The minimum atomic E-state index is -0.692. The van der Waals surface area contributed by atoms with Crippen molar-refractivity contribution in [3.63, 3.8) is 0 Å². The molecule has 0 aromatic carbocycles. The lowest BCUT2D eigenvalue weighted by atomic mass is 10.1. The summed E-state index contributed by atoms with van der Waals surface area (Å²) < 4.78 is 9.99. The van der Waals surface area contributed by atoms with E-state index in [2.05, 4.69) is 20.8 Å². The van der Waals surface area contributed by atoms with Gasteiger partial charge in [-0.2, -0.15) is 4.98 Å². The quantitative estimate of drug-likeness (QED) is 0.669. The van der Waals surface area contributed by atoms with E-state index in [1.165, 1.54) is 0 Å². The Labute approximate surface area is 117 Å². The number of rotatable bonds is 7. The van der Waals surface area contributed by atoms with E-state index in [4.69, 9.17) is 14.4 Å². The van der Waals surface area contributed by atoms with Crippen molar-refractivity contribution in [1.29, 1.82) is 0 Å². The first-order chi connectivity index (χ1) is 9.38. The van der Waals surface area contributed by atoms with Crippen LogP contribution >= 0.6 is 0 Å². The van der Waals surface area contributed by atoms with Crippen molar-refractivity contribution in [2.24, 2.45) is 0 Å². The fourth-order valence-corrected chi connectivity index (χ4v) is 1.38. The summed E-state index contributed by atoms with van der Waals surface area (Å²) in [7, 11) is 1.60. The van der Waals surface area contributed by atoms with Crippen LogP contribution in [0.2, 0.25) is 0 Å². The van der Waals surface area contributed by atoms with E-state index in [-0.39, 0.29) is 6.61 Å². The van der Waals surface area contributed by atoms with Gasteiger partial charge in [-0.3, -0.25) is 0 Å². The maximum absolute atomic E-state index is 11.7. The fourth-order valence-electron chi connectivity index (χ4n) is 1.38. The van der Waals surface area contributed by atoms with Gasteiger partial charge in [-0.1, -0.05) is 5.16 Å². The third-order valence-electron chi connectivity index (χ3n) is 2.58. The van der Waals surface area contributed by atoms with E-state index < -0.39 is 17.6 Å². The maximum atomic E-state index is 11.7. The van der Waals surface area contributed by atoms with Crippen LogP contribution in [-0.2, 0) is 11.2 Å². The normalized spacial score (nSPS) is 13.1. The third kappa shape index (κ3) is 5.14. The number of aliphatic hydroxyl groups is 1. The van der Waals surface area contributed by atoms with Crippen LogP contribution in [0.4, 0.5) is 4.79 Å². The van der Waals surface area contributed by atoms with Crippen LogP contribution in [-0.4, -0.2) is 47.1 Å². The largest absolute Gasteiger partial charge is 0.394 e. The van der Waals surface area contributed by atoms with E-state index in [1.54, 1.807) is 27.9 Å². The molecule has 0 radical (unpaired) electrons. The number of urea groups is 1. The zero-order valence-electron chi connectivity index (χ0n) is 12.3. The molecule has 0 aliphatic rings. The van der Waals surface area contributed by atoms with Gasteiger partial charge in [-0.05, 0) is 20.8 Å². The van der Waals surface area contributed by atoms with Crippen molar-refractivity contribution in [3.05, 3.63) is 11.7 Å². The summed E-state index contributed by atoms with van der Waals surface area (Å²) in [5.74, 6) is 0.861. The predicted molar refractivity (Wildman–Crippen MR) is 71.1 cm³/mol. The summed E-state index contributed by atoms with van der Waals surface area (Å²) >= 11 is 0. The van der Waals surface area contributed by atoms with Gasteiger partial charge in [0.25, 0.3) is 0 Å². The molecule has 3 N–H and O–H groups in total. The minimum absolute atomic E-state index is 0.156. The highest BCUT2D eigenvalue weighted by molar-refractivity contribution is 5.75. The van der Waals surface area contributed by atoms with Crippen LogP contribution in [0.3, 0.4) is 0 Å². The molecule has 0 spiro atoms. The second kappa shape index (κ2) is 7.20. The lowest BCUT2D eigenvalue weighted by Crippen LogP contribution is -2.50. The standard InChI is InChI=1S/C12H22N4O4/c1-8(13-11(18)15-12(2,3)7-17)10-14-9(16-20-10)5-6-19-4/h8,17H,5-7H2,1-4H3,(H2,13,15,18). The van der Waals surface area contributed by atoms with Gasteiger partial charge in [0.05, 0.1) is 18.8 Å². The second-order valence-electron chi connectivity index (χ2n) is 5.15. The van der Waals surface area contributed by atoms with Gasteiger partial charge in [0, 0.05) is 13.5 Å². The van der Waals surface area contributed by atoms with Crippen LogP contribution in [0.5, 0.6) is 0 Å². The molecular formula is C12H22N4O4. The summed E-state index contributed by atoms with van der Waals surface area (Å²) in [6.07, 6.45) is 0.552. The van der Waals surface area contributed by atoms with E-state index in [9.17, 15) is 4.79 Å². The van der Waals surface area contributed by atoms with Crippen molar-refractivity contribution in [2.45, 2.75) is 38.8 Å². The summed E-state index contributed by atoms with van der Waals surface area (Å²) in [6.45, 7) is 5.52. The molecule has 2 amide bonds. The highest BCUT2D eigenvalue weighted by Gasteiger charge is 2.22. The summed E-state index contributed by atoms with van der Waals surface area (Å²) in [5, 5.41) is 18.2. The van der Waals surface area contributed by atoms with Crippen LogP contribution in [0, 0.1) is 0 Å². The zero-order valence-corrected chi connectivity index (χ0v) is 12.3. The Hall–Kier alpha value is -1.67. The molecule has 0 saturated carbocycles. The first kappa shape index (κ1) is 16.4. The van der Waals surface area contributed by atoms with Crippen molar-refractivity contribution in [2.75, 3.05) is 20.3 Å². The van der Waals surface area contributed by atoms with Crippen molar-refractivity contribution in [3.8, 4) is 0 Å². The molecule has 0 aliphatic heterocycles. The number of amides is 2. The number of aliphatic hydroxyl groups excluding tert-OH is 1. The van der Waals surface area contributed by atoms with Gasteiger partial charge in [-0.25, -0.2) is 4.79 Å². The van der Waals surface area contributed by atoms with Crippen LogP contribution in [0.15, 0.2) is 4.52 Å². The Balaban J connectivity index is 2.51. The minimum Gasteiger partial charge on any atom is -0.394 e. The summed E-state index contributed by atoms with van der Waals surface area (Å²) in [6, 6.07) is -0.832. The molecule has 8 nitrogen and oxygen atoms in total. The molecular weight excluding hydrogens is 264 g/mol. The number of carbonyl (C=O) groups is 1. The molecule has 1 heterocycles. The average Bonchev–Trinajstić information content (AvgIpc) is 2.84. The van der Waals surface area contributed by atoms with E-state index in [0.717, 1.165) is 0 Å². The predicted octanol–water partition coefficient (Wildman–Crippen LogP) is 0.390. The molecule has 20 heavy (non-hydrogen) atoms. The Morgan fingerprint density at radius 3 is 2.85 bits per heavy atom. The number of aromatic nitrogens is 2. The number of carbonyl (C=O) groups excluding carboxylic acids is 1. The molecule has 114 valence electrons. The van der Waals surface area contributed by atoms with Crippen LogP contribution in [0.1, 0.15) is 38.5 Å². The van der Waals surface area contributed by atoms with Crippen LogP contribution in [0.25, 0.3) is 0 Å². The number of methoxy groups -OCH3 is 1. The molecule has 1 aromatic heterocycles. The Morgan fingerprint density at radius 2 is 2.25 bits per heavy atom. The summed E-state index contributed by atoms with van der Waals surface area (Å²) in [5.41, 5.74) is -0.692. The average molecular weight is 286 g/mol. The van der Waals surface area contributed by atoms with Crippen molar-refractivity contribution >= 4 is 6.03 Å². The third-order valence-corrected chi connectivity index (χ3v) is 2.58. The zero-order chi connectivity index (χ0) is 15.2. The topological polar surface area (TPSA) is 110 Å². The van der Waals surface area contributed by atoms with Crippen molar-refractivity contribution in [1.82, 2.24) is 20.8 Å². The van der Waals surface area contributed by atoms with Gasteiger partial charge in [0.2, 0.25) is 5.89 Å². The molecule has 1 unspecified atom stereocenters. The summed E-state index contributed by atoms with van der Waals surface area (Å²) in [4.78, 5) is 15.9. The van der Waals surface area contributed by atoms with Crippen LogP contribution < -0.4 is 10.6 Å². The second-order valence-corrected chi connectivity index (χ2v) is 5.15. The Kier molecular flexibility index (Phi) is 5.90. The molecule has 0 saturated heterocycles. The molecule has 1 atom stereocenters. The Morgan fingerprint density at radius 1 is 1.55 bits per heavy atom. The molecule has 1 rings (SSSR count). The highest BCUT2D eigenvalue weighted by atomic mass is 16.5. The molecule has 8 heteroatoms. The van der Waals surface area contributed by atoms with Gasteiger partial charge in [-0.15, -0.1) is 0 Å². The lowest BCUT2D eigenvalue weighted by molar-refractivity contribution is 0.179. The van der Waals surface area contributed by atoms with E-state index in [1.807, 2.05) is 0 Å². The molecule has 0 bridgehead atoms. The molecule has 0 aliphatic carbocycles. The fraction of sp³-hybridized carbons (Fsp3) is 0.750. The number of hydrogen-bond donors (Lipinski definition) is 3. The Bertz CT molecular complexity index is 433. The first-order valence-corrected chi connectivity index (χ1v) is 6.39. The maximum Gasteiger partial charge on any atom is 0.315 e. The van der Waals surface area contributed by atoms with Gasteiger partial charge in [0.15, 0.2) is 5.82 Å². The van der Waals surface area contributed by atoms with E-state index >= 15 is 0 Å². The number of nitrogens with zero attached hydrogens (tertiary/aromatic N) is 2. The SMILES string of the molecule is COCCc1noc(C(C)NC(=O)NC(C)(C)CO)n1. The monoisotopic (exact) mass is 286 g/mol.